The monoisotopic (exact) mass is 303 g/mol. The fourth-order valence-corrected chi connectivity index (χ4v) is 4.73. The lowest BCUT2D eigenvalue weighted by atomic mass is 9.97. The molecule has 5 nitrogen and oxygen atoms in total. The minimum atomic E-state index is -3.09. The second-order valence-electron chi connectivity index (χ2n) is 6.20. The molecule has 2 aliphatic heterocycles. The molecule has 2 rings (SSSR count). The van der Waals surface area contributed by atoms with Gasteiger partial charge in [-0.05, 0) is 70.2 Å². The summed E-state index contributed by atoms with van der Waals surface area (Å²) in [5.41, 5.74) is 0. The molecule has 0 aliphatic carbocycles. The van der Waals surface area contributed by atoms with Crippen molar-refractivity contribution in [3.63, 3.8) is 0 Å². The van der Waals surface area contributed by atoms with Gasteiger partial charge < -0.3 is 10.2 Å². The Hall–Kier alpha value is -0.170. The lowest BCUT2D eigenvalue weighted by Crippen LogP contribution is -2.40. The molecule has 0 aromatic heterocycles. The molecule has 0 unspecified atom stereocenters. The van der Waals surface area contributed by atoms with Gasteiger partial charge in [0.1, 0.15) is 0 Å². The minimum Gasteiger partial charge on any atom is -0.317 e. The number of hydrogen-bond donors (Lipinski definition) is 2. The van der Waals surface area contributed by atoms with Crippen LogP contribution in [0.3, 0.4) is 0 Å². The van der Waals surface area contributed by atoms with Crippen LogP contribution < -0.4 is 10.0 Å². The number of sulfonamides is 1. The molecule has 0 aromatic carbocycles. The summed E-state index contributed by atoms with van der Waals surface area (Å²) in [6.07, 6.45) is 4.19. The van der Waals surface area contributed by atoms with Gasteiger partial charge in [0.05, 0.1) is 5.75 Å². The maximum Gasteiger partial charge on any atom is 0.211 e. The van der Waals surface area contributed by atoms with E-state index in [4.69, 9.17) is 0 Å². The van der Waals surface area contributed by atoms with Gasteiger partial charge in [-0.3, -0.25) is 0 Å². The predicted octanol–water partition coefficient (Wildman–Crippen LogP) is 0.637. The summed E-state index contributed by atoms with van der Waals surface area (Å²) in [4.78, 5) is 2.43. The average Bonchev–Trinajstić information content (AvgIpc) is 2.46. The highest BCUT2D eigenvalue weighted by Gasteiger charge is 2.23. The average molecular weight is 303 g/mol. The van der Waals surface area contributed by atoms with E-state index < -0.39 is 10.0 Å². The van der Waals surface area contributed by atoms with Gasteiger partial charge in [-0.1, -0.05) is 6.92 Å². The Morgan fingerprint density at radius 1 is 1.10 bits per heavy atom. The lowest BCUT2D eigenvalue weighted by Gasteiger charge is -2.31. The third-order valence-electron chi connectivity index (χ3n) is 4.66. The van der Waals surface area contributed by atoms with E-state index >= 15 is 0 Å². The van der Waals surface area contributed by atoms with Crippen LogP contribution in [0, 0.1) is 11.8 Å². The minimum absolute atomic E-state index is 0.308. The molecule has 0 atom stereocenters. The van der Waals surface area contributed by atoms with Crippen molar-refractivity contribution < 1.29 is 8.42 Å². The zero-order valence-corrected chi connectivity index (χ0v) is 13.4. The number of nitrogens with zero attached hydrogens (tertiary/aromatic N) is 1. The summed E-state index contributed by atoms with van der Waals surface area (Å²) < 4.78 is 27.1. The van der Waals surface area contributed by atoms with Gasteiger partial charge in [0, 0.05) is 6.54 Å². The topological polar surface area (TPSA) is 61.4 Å². The van der Waals surface area contributed by atoms with Crippen LogP contribution in [-0.2, 0) is 10.0 Å². The van der Waals surface area contributed by atoms with Crippen LogP contribution in [0.15, 0.2) is 0 Å². The Morgan fingerprint density at radius 2 is 1.75 bits per heavy atom. The van der Waals surface area contributed by atoms with Gasteiger partial charge >= 0.3 is 0 Å². The highest BCUT2D eigenvalue weighted by Crippen LogP contribution is 2.17. The van der Waals surface area contributed by atoms with E-state index in [0.29, 0.717) is 24.1 Å². The van der Waals surface area contributed by atoms with Crippen LogP contribution >= 0.6 is 0 Å². The maximum atomic E-state index is 12.1. The van der Waals surface area contributed by atoms with Crippen molar-refractivity contribution in [1.82, 2.24) is 14.9 Å². The van der Waals surface area contributed by atoms with Crippen molar-refractivity contribution >= 4 is 10.0 Å². The summed E-state index contributed by atoms with van der Waals surface area (Å²) in [5.74, 6) is 1.15. The zero-order valence-electron chi connectivity index (χ0n) is 12.6. The molecular weight excluding hydrogens is 274 g/mol. The number of nitrogens with one attached hydrogen (secondary N) is 2. The molecule has 2 saturated heterocycles. The first-order chi connectivity index (χ1) is 9.59. The molecule has 6 heteroatoms. The largest absolute Gasteiger partial charge is 0.317 e. The number of hydrogen-bond acceptors (Lipinski definition) is 4. The van der Waals surface area contributed by atoms with Crippen LogP contribution in [0.25, 0.3) is 0 Å². The summed E-state index contributed by atoms with van der Waals surface area (Å²) in [7, 11) is -3.09. The smallest absolute Gasteiger partial charge is 0.211 e. The van der Waals surface area contributed by atoms with Crippen LogP contribution in [0.4, 0.5) is 0 Å². The summed E-state index contributed by atoms with van der Waals surface area (Å²) in [5, 5.41) is 3.27. The number of piperidine rings is 2. The van der Waals surface area contributed by atoms with E-state index in [1.807, 2.05) is 0 Å². The molecule has 0 spiro atoms. The highest BCUT2D eigenvalue weighted by molar-refractivity contribution is 7.89. The van der Waals surface area contributed by atoms with Gasteiger partial charge in [0.15, 0.2) is 0 Å². The normalized spacial score (nSPS) is 24.1. The lowest BCUT2D eigenvalue weighted by molar-refractivity contribution is 0.193. The third-order valence-corrected chi connectivity index (χ3v) is 6.18. The van der Waals surface area contributed by atoms with E-state index in [1.54, 1.807) is 0 Å². The van der Waals surface area contributed by atoms with Crippen molar-refractivity contribution in [2.24, 2.45) is 11.8 Å². The van der Waals surface area contributed by atoms with Gasteiger partial charge in [-0.15, -0.1) is 0 Å². The second kappa shape index (κ2) is 7.73. The van der Waals surface area contributed by atoms with E-state index in [1.165, 1.54) is 0 Å². The Morgan fingerprint density at radius 3 is 2.35 bits per heavy atom. The van der Waals surface area contributed by atoms with E-state index in [2.05, 4.69) is 21.9 Å². The number of likely N-dealkylation sites (tertiary alicyclic amines) is 1. The first-order valence-corrected chi connectivity index (χ1v) is 9.64. The zero-order chi connectivity index (χ0) is 14.4. The highest BCUT2D eigenvalue weighted by atomic mass is 32.2. The molecule has 118 valence electrons. The quantitative estimate of drug-likeness (QED) is 0.756. The summed E-state index contributed by atoms with van der Waals surface area (Å²) >= 11 is 0. The van der Waals surface area contributed by atoms with Crippen LogP contribution in [0.1, 0.15) is 32.6 Å². The van der Waals surface area contributed by atoms with Crippen molar-refractivity contribution in [1.29, 1.82) is 0 Å². The SMILES string of the molecule is CCN1CCC(CNS(=O)(=O)CC2CCNCC2)CC1. The molecule has 2 N–H and O–H groups in total. The molecule has 0 bridgehead atoms. The van der Waals surface area contributed by atoms with Crippen molar-refractivity contribution in [3.05, 3.63) is 0 Å². The summed E-state index contributed by atoms with van der Waals surface area (Å²) in [6.45, 7) is 8.04. The van der Waals surface area contributed by atoms with E-state index in [9.17, 15) is 8.42 Å². The molecule has 0 amide bonds. The first kappa shape index (κ1) is 16.2. The third kappa shape index (κ3) is 5.31. The molecule has 2 heterocycles. The molecule has 20 heavy (non-hydrogen) atoms. The molecule has 2 fully saturated rings. The van der Waals surface area contributed by atoms with Crippen molar-refractivity contribution in [3.8, 4) is 0 Å². The Bertz CT molecular complexity index is 372. The van der Waals surface area contributed by atoms with Crippen molar-refractivity contribution in [2.75, 3.05) is 45.0 Å². The molecule has 0 radical (unpaired) electrons. The molecule has 2 aliphatic rings. The van der Waals surface area contributed by atoms with Crippen LogP contribution in [-0.4, -0.2) is 58.3 Å². The fourth-order valence-electron chi connectivity index (χ4n) is 3.17. The van der Waals surface area contributed by atoms with Gasteiger partial charge in [-0.25, -0.2) is 13.1 Å². The Kier molecular flexibility index (Phi) is 6.26. The standard InChI is InChI=1S/C14H29N3O2S/c1-2-17-9-5-13(6-10-17)11-16-20(18,19)12-14-3-7-15-8-4-14/h13-16H,2-12H2,1H3. The van der Waals surface area contributed by atoms with E-state index in [0.717, 1.165) is 58.4 Å². The fraction of sp³-hybridized carbons (Fsp3) is 1.00. The Balaban J connectivity index is 1.69. The Labute approximate surface area is 123 Å². The van der Waals surface area contributed by atoms with Crippen LogP contribution in [0.5, 0.6) is 0 Å². The van der Waals surface area contributed by atoms with Gasteiger partial charge in [0.2, 0.25) is 10.0 Å². The summed E-state index contributed by atoms with van der Waals surface area (Å²) in [6, 6.07) is 0. The van der Waals surface area contributed by atoms with Crippen molar-refractivity contribution in [2.45, 2.75) is 32.6 Å². The van der Waals surface area contributed by atoms with Gasteiger partial charge in [-0.2, -0.15) is 0 Å². The predicted molar refractivity (Wildman–Crippen MR) is 82.2 cm³/mol. The number of rotatable bonds is 6. The van der Waals surface area contributed by atoms with Crippen LogP contribution in [0.2, 0.25) is 0 Å². The van der Waals surface area contributed by atoms with E-state index in [-0.39, 0.29) is 0 Å². The molecule has 0 saturated carbocycles. The maximum absolute atomic E-state index is 12.1. The van der Waals surface area contributed by atoms with Gasteiger partial charge in [0.25, 0.3) is 0 Å². The second-order valence-corrected chi connectivity index (χ2v) is 8.05. The molecular formula is C14H29N3O2S. The molecule has 0 aromatic rings. The first-order valence-electron chi connectivity index (χ1n) is 7.99.